The molecular weight excluding hydrogens is 680 g/mol. The summed E-state index contributed by atoms with van der Waals surface area (Å²) in [7, 11) is 0. The van der Waals surface area contributed by atoms with Crippen molar-refractivity contribution in [1.82, 2.24) is 0 Å². The van der Waals surface area contributed by atoms with Gasteiger partial charge in [-0.05, 0) is 94.0 Å². The van der Waals surface area contributed by atoms with Crippen molar-refractivity contribution >= 4 is 12.2 Å². The summed E-state index contributed by atoms with van der Waals surface area (Å²) in [5.41, 5.74) is 4.40. The van der Waals surface area contributed by atoms with E-state index in [0.29, 0.717) is 50.4 Å². The highest BCUT2D eigenvalue weighted by Gasteiger charge is 2.46. The van der Waals surface area contributed by atoms with Gasteiger partial charge in [0.05, 0.1) is 11.8 Å². The van der Waals surface area contributed by atoms with E-state index in [2.05, 4.69) is 0 Å². The highest BCUT2D eigenvalue weighted by Crippen LogP contribution is 2.60. The van der Waals surface area contributed by atoms with Gasteiger partial charge < -0.3 is 55.4 Å². The molecule has 0 fully saturated rings. The van der Waals surface area contributed by atoms with Gasteiger partial charge in [0.25, 0.3) is 0 Å². The lowest BCUT2D eigenvalue weighted by atomic mass is 9.77. The molecule has 0 saturated heterocycles. The molecule has 8 rings (SSSR count). The fraction of sp³-hybridized carbons (Fsp3) is 0.0952. The molecule has 11 nitrogen and oxygen atoms in total. The molecular formula is C42H32O11. The van der Waals surface area contributed by atoms with Crippen LogP contribution < -0.4 is 9.47 Å². The van der Waals surface area contributed by atoms with Gasteiger partial charge in [-0.15, -0.1) is 0 Å². The summed E-state index contributed by atoms with van der Waals surface area (Å²) in [4.78, 5) is 0. The SMILES string of the molecule is Oc1ccc(C=Cc2c3c(cc4c2[C@@H](c2cc(O)cc(O)c2)[C@H](c2ccc(O)c(O)c2)O4)O[C@@H](c2ccc(O)c(O)c2)[C@@H]3c2cc(O)cc(O)c2)cc1. The first kappa shape index (κ1) is 33.0. The van der Waals surface area contributed by atoms with Crippen molar-refractivity contribution in [3.05, 3.63) is 148 Å². The van der Waals surface area contributed by atoms with Crippen molar-refractivity contribution in [2.24, 2.45) is 0 Å². The Morgan fingerprint density at radius 1 is 0.377 bits per heavy atom. The molecule has 0 saturated carbocycles. The van der Waals surface area contributed by atoms with Crippen LogP contribution in [0.4, 0.5) is 0 Å². The second-order valence-corrected chi connectivity index (χ2v) is 13.1. The third-order valence-corrected chi connectivity index (χ3v) is 9.67. The molecule has 0 bridgehead atoms. The van der Waals surface area contributed by atoms with Crippen LogP contribution in [0, 0.1) is 0 Å². The zero-order valence-corrected chi connectivity index (χ0v) is 27.6. The topological polar surface area (TPSA) is 201 Å². The smallest absolute Gasteiger partial charge is 0.157 e. The molecule has 9 N–H and O–H groups in total. The average molecular weight is 713 g/mol. The van der Waals surface area contributed by atoms with Gasteiger partial charge in [-0.1, -0.05) is 36.4 Å². The molecule has 6 aromatic carbocycles. The normalized spacial score (nSPS) is 18.7. The van der Waals surface area contributed by atoms with Gasteiger partial charge in [0.15, 0.2) is 23.0 Å². The van der Waals surface area contributed by atoms with E-state index < -0.39 is 24.0 Å². The molecule has 11 heteroatoms. The van der Waals surface area contributed by atoms with Crippen molar-refractivity contribution in [3.8, 4) is 63.2 Å². The molecule has 2 heterocycles. The Bertz CT molecular complexity index is 2260. The Hall–Kier alpha value is -7.14. The van der Waals surface area contributed by atoms with Crippen molar-refractivity contribution in [1.29, 1.82) is 0 Å². The van der Waals surface area contributed by atoms with Crippen LogP contribution in [0.5, 0.6) is 63.2 Å². The molecule has 0 aliphatic carbocycles. The number of benzene rings is 6. The molecule has 0 spiro atoms. The van der Waals surface area contributed by atoms with Crippen molar-refractivity contribution < 1.29 is 55.4 Å². The Balaban J connectivity index is 1.42. The first-order valence-electron chi connectivity index (χ1n) is 16.5. The molecule has 2 aliphatic heterocycles. The summed E-state index contributed by atoms with van der Waals surface area (Å²) in [5, 5.41) is 93.9. The van der Waals surface area contributed by atoms with Crippen LogP contribution in [-0.2, 0) is 0 Å². The van der Waals surface area contributed by atoms with Crippen LogP contribution in [0.1, 0.15) is 68.6 Å². The van der Waals surface area contributed by atoms with Gasteiger partial charge in [-0.2, -0.15) is 0 Å². The van der Waals surface area contributed by atoms with Gasteiger partial charge in [-0.25, -0.2) is 0 Å². The Kier molecular flexibility index (Phi) is 7.83. The zero-order chi connectivity index (χ0) is 37.1. The minimum absolute atomic E-state index is 0.0814. The van der Waals surface area contributed by atoms with Gasteiger partial charge >= 0.3 is 0 Å². The van der Waals surface area contributed by atoms with Crippen LogP contribution >= 0.6 is 0 Å². The summed E-state index contributed by atoms with van der Waals surface area (Å²) in [6, 6.07) is 25.3. The number of ether oxygens (including phenoxy) is 2. The molecule has 266 valence electrons. The number of fused-ring (bicyclic) bond motifs is 2. The lowest BCUT2D eigenvalue weighted by Gasteiger charge is -2.24. The second kappa shape index (κ2) is 12.6. The summed E-state index contributed by atoms with van der Waals surface area (Å²) in [6.45, 7) is 0. The second-order valence-electron chi connectivity index (χ2n) is 13.1. The van der Waals surface area contributed by atoms with E-state index in [1.807, 2.05) is 12.2 Å². The maximum Gasteiger partial charge on any atom is 0.157 e. The van der Waals surface area contributed by atoms with Gasteiger partial charge in [-0.3, -0.25) is 0 Å². The van der Waals surface area contributed by atoms with Crippen LogP contribution in [-0.4, -0.2) is 46.0 Å². The molecule has 2 aliphatic rings. The van der Waals surface area contributed by atoms with Crippen LogP contribution in [0.15, 0.2) is 103 Å². The van der Waals surface area contributed by atoms with Crippen LogP contribution in [0.2, 0.25) is 0 Å². The lowest BCUT2D eigenvalue weighted by molar-refractivity contribution is 0.212. The minimum atomic E-state index is -0.853. The van der Waals surface area contributed by atoms with Crippen LogP contribution in [0.25, 0.3) is 12.2 Å². The monoisotopic (exact) mass is 712 g/mol. The molecule has 0 radical (unpaired) electrons. The number of phenolic OH excluding ortho intramolecular Hbond substituents is 9. The van der Waals surface area contributed by atoms with Crippen molar-refractivity contribution in [3.63, 3.8) is 0 Å². The Morgan fingerprint density at radius 2 is 0.811 bits per heavy atom. The van der Waals surface area contributed by atoms with Crippen molar-refractivity contribution in [2.45, 2.75) is 24.0 Å². The Labute approximate surface area is 302 Å². The van der Waals surface area contributed by atoms with E-state index in [1.165, 1.54) is 60.7 Å². The molecule has 6 aromatic rings. The quantitative estimate of drug-likeness (QED) is 0.0604. The first-order chi connectivity index (χ1) is 25.4. The summed E-state index contributed by atoms with van der Waals surface area (Å²) in [5.74, 6) is -2.89. The maximum atomic E-state index is 10.7. The third-order valence-electron chi connectivity index (χ3n) is 9.67. The highest BCUT2D eigenvalue weighted by atomic mass is 16.5. The average Bonchev–Trinajstić information content (AvgIpc) is 3.68. The molecule has 0 amide bonds. The number of rotatable bonds is 6. The number of phenols is 9. The largest absolute Gasteiger partial charge is 0.508 e. The standard InChI is InChI=1S/C42H32O11/c43-25-6-1-20(2-7-25)3-8-30-39-35(52-41(21-4-9-31(48)33(50)15-21)37(39)23-11-26(44)17-27(45)12-23)19-36-40(30)38(24-13-28(46)18-29(47)14-24)42(53-36)22-5-10-32(49)34(51)16-22/h1-19,37-38,41-51H/t37-,38-,41+,42+/m1/s1. The van der Waals surface area contributed by atoms with E-state index in [-0.39, 0.29) is 51.7 Å². The first-order valence-corrected chi connectivity index (χ1v) is 16.5. The molecule has 0 aromatic heterocycles. The van der Waals surface area contributed by atoms with Gasteiger partial charge in [0, 0.05) is 29.3 Å². The van der Waals surface area contributed by atoms with E-state index in [1.54, 1.807) is 42.5 Å². The number of hydrogen-bond acceptors (Lipinski definition) is 11. The van der Waals surface area contributed by atoms with E-state index >= 15 is 0 Å². The van der Waals surface area contributed by atoms with Crippen LogP contribution in [0.3, 0.4) is 0 Å². The minimum Gasteiger partial charge on any atom is -0.508 e. The predicted octanol–water partition coefficient (Wildman–Crippen LogP) is 7.74. The summed E-state index contributed by atoms with van der Waals surface area (Å²) in [6.07, 6.45) is 1.96. The fourth-order valence-corrected chi connectivity index (χ4v) is 7.41. The molecule has 0 unspecified atom stereocenters. The van der Waals surface area contributed by atoms with Crippen molar-refractivity contribution in [2.75, 3.05) is 0 Å². The zero-order valence-electron chi connectivity index (χ0n) is 27.6. The predicted molar refractivity (Wildman–Crippen MR) is 193 cm³/mol. The lowest BCUT2D eigenvalue weighted by Crippen LogP contribution is -2.14. The summed E-state index contributed by atoms with van der Waals surface area (Å²) < 4.78 is 13.3. The maximum absolute atomic E-state index is 10.7. The van der Waals surface area contributed by atoms with E-state index in [0.717, 1.165) is 5.56 Å². The Morgan fingerprint density at radius 3 is 1.23 bits per heavy atom. The van der Waals surface area contributed by atoms with Gasteiger partial charge in [0.2, 0.25) is 0 Å². The molecule has 4 atom stereocenters. The van der Waals surface area contributed by atoms with Gasteiger partial charge in [0.1, 0.15) is 52.5 Å². The fourth-order valence-electron chi connectivity index (χ4n) is 7.41. The highest BCUT2D eigenvalue weighted by molar-refractivity contribution is 5.80. The summed E-state index contributed by atoms with van der Waals surface area (Å²) >= 11 is 0. The van der Waals surface area contributed by atoms with E-state index in [9.17, 15) is 46.0 Å². The van der Waals surface area contributed by atoms with E-state index in [4.69, 9.17) is 9.47 Å². The molecule has 53 heavy (non-hydrogen) atoms. The number of aromatic hydroxyl groups is 9. The third kappa shape index (κ3) is 5.93. The number of hydrogen-bond donors (Lipinski definition) is 9.